The molecule has 3 heterocycles. The van der Waals surface area contributed by atoms with Crippen LogP contribution in [0.4, 0.5) is 0 Å². The number of ether oxygens (including phenoxy) is 4. The van der Waals surface area contributed by atoms with Crippen molar-refractivity contribution in [3.63, 3.8) is 0 Å². The van der Waals surface area contributed by atoms with Gasteiger partial charge >= 0.3 is 23.9 Å². The van der Waals surface area contributed by atoms with Gasteiger partial charge in [-0.1, -0.05) is 104 Å². The quantitative estimate of drug-likeness (QED) is 0.0826. The predicted molar refractivity (Wildman–Crippen MR) is 294 cm³/mol. The zero-order valence-corrected chi connectivity index (χ0v) is 48.9. The van der Waals surface area contributed by atoms with Gasteiger partial charge in [-0.05, 0) is 85.5 Å². The Morgan fingerprint density at radius 2 is 0.662 bits per heavy atom. The van der Waals surface area contributed by atoms with Crippen LogP contribution >= 0.6 is 0 Å². The van der Waals surface area contributed by atoms with Crippen LogP contribution in [0.15, 0.2) is 82.7 Å². The Kier molecular flexibility index (Phi) is 23.2. The van der Waals surface area contributed by atoms with Gasteiger partial charge in [0.1, 0.15) is 36.7 Å². The molecule has 0 N–H and O–H groups in total. The zero-order valence-electron chi connectivity index (χ0n) is 48.9. The van der Waals surface area contributed by atoms with Crippen molar-refractivity contribution in [2.24, 2.45) is 23.7 Å². The number of carbonyl (C=O) groups is 8. The second-order valence-electron chi connectivity index (χ2n) is 22.7. The van der Waals surface area contributed by atoms with E-state index in [2.05, 4.69) is 9.97 Å². The number of oxazole rings is 2. The fourth-order valence-corrected chi connectivity index (χ4v) is 9.56. The van der Waals surface area contributed by atoms with Gasteiger partial charge in [0.25, 0.3) is 23.6 Å². The van der Waals surface area contributed by atoms with E-state index in [9.17, 15) is 38.4 Å². The normalized spacial score (nSPS) is 23.2. The van der Waals surface area contributed by atoms with Crippen molar-refractivity contribution in [1.29, 1.82) is 0 Å². The summed E-state index contributed by atoms with van der Waals surface area (Å²) < 4.78 is 34.4. The van der Waals surface area contributed by atoms with Crippen molar-refractivity contribution in [2.45, 2.75) is 169 Å². The van der Waals surface area contributed by atoms with E-state index in [1.165, 1.54) is 67.4 Å². The van der Waals surface area contributed by atoms with E-state index in [1.54, 1.807) is 24.3 Å². The lowest BCUT2D eigenvalue weighted by Crippen LogP contribution is -2.55. The first-order valence-electron chi connectivity index (χ1n) is 27.5. The van der Waals surface area contributed by atoms with Crippen LogP contribution in [0.3, 0.4) is 0 Å². The fraction of sp³-hybridized carbons (Fsp3) is 0.567. The van der Waals surface area contributed by atoms with E-state index < -0.39 is 96.1 Å². The van der Waals surface area contributed by atoms with Gasteiger partial charge in [-0.15, -0.1) is 0 Å². The number of esters is 4. The van der Waals surface area contributed by atoms with Crippen LogP contribution in [0.5, 0.6) is 0 Å². The maximum atomic E-state index is 15.0. The summed E-state index contributed by atoms with van der Waals surface area (Å²) >= 11 is 0. The van der Waals surface area contributed by atoms with Gasteiger partial charge in [-0.3, -0.25) is 19.2 Å². The molecule has 436 valence electrons. The van der Waals surface area contributed by atoms with Crippen molar-refractivity contribution in [3.05, 3.63) is 107 Å². The van der Waals surface area contributed by atoms with Crippen LogP contribution in [0, 0.1) is 23.7 Å². The Morgan fingerprint density at radius 3 is 0.925 bits per heavy atom. The third-order valence-electron chi connectivity index (χ3n) is 14.1. The van der Waals surface area contributed by atoms with Gasteiger partial charge in [-0.2, -0.15) is 0 Å². The molecule has 20 heteroatoms. The maximum Gasteiger partial charge on any atom is 0.329 e. The molecule has 1 saturated heterocycles. The molecule has 1 aliphatic rings. The number of amides is 4. The highest BCUT2D eigenvalue weighted by molar-refractivity contribution is 5.94. The molecule has 0 spiro atoms. The van der Waals surface area contributed by atoms with Gasteiger partial charge < -0.3 is 47.4 Å². The first kappa shape index (κ1) is 63.5. The SMILES string of the molecule is CC(C)C[C@H]1C(=O)O[C@H](Cc2ccc(Cc3cocn3)cc2)C(=O)N(C)[C@@H](CC(C)C)C(=O)O[C@H](C)C(=O)N(C)[C@@H](CC(C)C)C(=O)O[C@H](Cc2ccc(Cc3cocn3)cc2)C(=O)N(C)[C@@H](CC(C)C)C(=O)O[C@H](C)C(=O)N1C. The van der Waals surface area contributed by atoms with E-state index in [-0.39, 0.29) is 62.2 Å². The molecule has 4 aromatic rings. The van der Waals surface area contributed by atoms with Gasteiger partial charge in [-0.25, -0.2) is 29.1 Å². The lowest BCUT2D eigenvalue weighted by molar-refractivity contribution is -0.176. The molecule has 5 rings (SSSR count). The number of aromatic nitrogens is 2. The van der Waals surface area contributed by atoms with Crippen LogP contribution in [-0.2, 0) is 83.0 Å². The minimum absolute atomic E-state index is 0.0770. The summed E-state index contributed by atoms with van der Waals surface area (Å²) in [5.41, 5.74) is 4.40. The monoisotopic (exact) mass is 1110 g/mol. The van der Waals surface area contributed by atoms with E-state index >= 15 is 0 Å². The Hall–Kier alpha value is -7.38. The van der Waals surface area contributed by atoms with Crippen LogP contribution in [-0.4, -0.2) is 154 Å². The number of nitrogens with zero attached hydrogens (tertiary/aromatic N) is 6. The second kappa shape index (κ2) is 29.2. The van der Waals surface area contributed by atoms with Crippen LogP contribution in [0.25, 0.3) is 0 Å². The number of hydrogen-bond donors (Lipinski definition) is 0. The van der Waals surface area contributed by atoms with Gasteiger partial charge in [0.2, 0.25) is 0 Å². The van der Waals surface area contributed by atoms with E-state index in [1.807, 2.05) is 79.7 Å². The largest absolute Gasteiger partial charge is 0.451 e. The highest BCUT2D eigenvalue weighted by Crippen LogP contribution is 2.25. The molecule has 2 aromatic carbocycles. The molecule has 1 aliphatic heterocycles. The maximum absolute atomic E-state index is 15.0. The van der Waals surface area contributed by atoms with Crippen LogP contribution in [0.1, 0.15) is 129 Å². The summed E-state index contributed by atoms with van der Waals surface area (Å²) in [6.45, 7) is 17.5. The Morgan fingerprint density at radius 1 is 0.400 bits per heavy atom. The van der Waals surface area contributed by atoms with Crippen molar-refractivity contribution < 1.29 is 66.1 Å². The molecule has 80 heavy (non-hydrogen) atoms. The van der Waals surface area contributed by atoms with E-state index in [0.29, 0.717) is 35.4 Å². The minimum Gasteiger partial charge on any atom is -0.451 e. The highest BCUT2D eigenvalue weighted by atomic mass is 16.6. The van der Waals surface area contributed by atoms with Crippen LogP contribution < -0.4 is 0 Å². The van der Waals surface area contributed by atoms with Crippen molar-refractivity contribution in [1.82, 2.24) is 29.6 Å². The molecular weight excluding hydrogens is 1030 g/mol. The third-order valence-corrected chi connectivity index (χ3v) is 14.1. The fourth-order valence-electron chi connectivity index (χ4n) is 9.56. The lowest BCUT2D eigenvalue weighted by Gasteiger charge is -2.35. The van der Waals surface area contributed by atoms with Crippen molar-refractivity contribution in [3.8, 4) is 0 Å². The number of likely N-dealkylation sites (N-methyl/N-ethyl adjacent to an activating group) is 4. The van der Waals surface area contributed by atoms with Gasteiger partial charge in [0.05, 0.1) is 11.4 Å². The zero-order chi connectivity index (χ0) is 59.1. The highest BCUT2D eigenvalue weighted by Gasteiger charge is 2.43. The summed E-state index contributed by atoms with van der Waals surface area (Å²) in [4.78, 5) is 130. The van der Waals surface area contributed by atoms with Crippen molar-refractivity contribution in [2.75, 3.05) is 28.2 Å². The Bertz CT molecular complexity index is 2490. The summed E-state index contributed by atoms with van der Waals surface area (Å²) in [5.74, 6) is -7.51. The lowest BCUT2D eigenvalue weighted by atomic mass is 9.99. The number of carbonyl (C=O) groups excluding carboxylic acids is 8. The molecule has 1 fully saturated rings. The topological polar surface area (TPSA) is 238 Å². The first-order chi connectivity index (χ1) is 37.7. The summed E-state index contributed by atoms with van der Waals surface area (Å²) in [6.07, 6.45) is 0.655. The second-order valence-corrected chi connectivity index (χ2v) is 22.7. The summed E-state index contributed by atoms with van der Waals surface area (Å²) in [6, 6.07) is 9.35. The average molecular weight is 1110 g/mol. The Labute approximate surface area is 470 Å². The smallest absolute Gasteiger partial charge is 0.329 e. The molecule has 8 atom stereocenters. The third kappa shape index (κ3) is 17.8. The molecule has 0 bridgehead atoms. The molecule has 0 aliphatic carbocycles. The van der Waals surface area contributed by atoms with E-state index in [0.717, 1.165) is 30.7 Å². The molecule has 2 aromatic heterocycles. The number of hydrogen-bond acceptors (Lipinski definition) is 16. The molecule has 0 saturated carbocycles. The molecule has 4 amide bonds. The Balaban J connectivity index is 1.59. The molecular formula is C60H82N6O14. The number of cyclic esters (lactones) is 4. The van der Waals surface area contributed by atoms with E-state index in [4.69, 9.17) is 27.8 Å². The predicted octanol–water partition coefficient (Wildman–Crippen LogP) is 6.82. The standard InChI is InChI=1S/C60H82N6O14/c1-35(2)23-47-57(71)77-39(9)53(67)63(11)50(26-38(7)8)60(74)80-52(30-44-21-17-42(18-22-44)28-46-32-76-34-62-46)56(70)66(14)48(24-36(3)4)58(72)78-40(10)54(68)64(12)49(25-37(5)6)59(73)79-51(55(69)65(47)13)29-43-19-15-41(16-20-43)27-45-31-75-33-61-45/h15-22,31-40,47-52H,23-30H2,1-14H3/t39-,40-,47+,48+,49+,50+,51-,52-/m1/s1. The summed E-state index contributed by atoms with van der Waals surface area (Å²) in [5, 5.41) is 0. The van der Waals surface area contributed by atoms with Gasteiger partial charge in [0, 0.05) is 53.9 Å². The molecule has 20 nitrogen and oxygen atoms in total. The van der Waals surface area contributed by atoms with Crippen molar-refractivity contribution >= 4 is 47.5 Å². The number of benzene rings is 2. The molecule has 0 unspecified atom stereocenters. The molecule has 0 radical (unpaired) electrons. The first-order valence-corrected chi connectivity index (χ1v) is 27.5. The summed E-state index contributed by atoms with van der Waals surface area (Å²) in [7, 11) is 5.54. The van der Waals surface area contributed by atoms with Gasteiger partial charge in [0.15, 0.2) is 37.2 Å². The average Bonchev–Trinajstić information content (AvgIpc) is 4.14. The number of rotatable bonds is 16. The minimum atomic E-state index is -1.54. The van der Waals surface area contributed by atoms with Crippen LogP contribution in [0.2, 0.25) is 0 Å².